The van der Waals surface area contributed by atoms with Crippen molar-refractivity contribution in [2.45, 2.75) is 334 Å². The Morgan fingerprint density at radius 2 is 0.353 bits per heavy atom. The highest BCUT2D eigenvalue weighted by Crippen LogP contribution is 2.63. The molecule has 0 radical (unpaired) electrons. The molecular weight excluding hydrogens is 1430 g/mol. The van der Waals surface area contributed by atoms with Gasteiger partial charge in [0.25, 0.3) is 0 Å². The van der Waals surface area contributed by atoms with E-state index in [2.05, 4.69) is 149 Å². The first-order chi connectivity index (χ1) is 57.3. The molecule has 0 saturated heterocycles. The Morgan fingerprint density at radius 3 is 0.500 bits per heavy atom. The van der Waals surface area contributed by atoms with Crippen LogP contribution in [0.15, 0.2) is 121 Å². The Labute approximate surface area is 697 Å². The van der Waals surface area contributed by atoms with Gasteiger partial charge in [-0.15, -0.1) is 0 Å². The minimum absolute atomic E-state index is 0.0796. The van der Waals surface area contributed by atoms with Crippen LogP contribution in [0.1, 0.15) is 375 Å². The molecule has 4 aliphatic heterocycles. The summed E-state index contributed by atoms with van der Waals surface area (Å²) in [7, 11) is 0. The zero-order valence-electron chi connectivity index (χ0n) is 71.4. The lowest BCUT2D eigenvalue weighted by molar-refractivity contribution is 0.101. The monoisotopic (exact) mass is 1570 g/mol. The molecule has 0 aromatic heterocycles. The molecular formula is C104H140N4O8. The lowest BCUT2D eigenvalue weighted by Gasteiger charge is -2.38. The molecule has 0 spiro atoms. The summed E-state index contributed by atoms with van der Waals surface area (Å²) in [5, 5.41) is 0. The van der Waals surface area contributed by atoms with Gasteiger partial charge in [0.2, 0.25) is 27.2 Å². The van der Waals surface area contributed by atoms with Crippen molar-refractivity contribution < 1.29 is 37.9 Å². The highest BCUT2D eigenvalue weighted by atomic mass is 16.7. The van der Waals surface area contributed by atoms with Crippen LogP contribution in [0.2, 0.25) is 0 Å². The normalized spacial score (nSPS) is 16.1. The van der Waals surface area contributed by atoms with Crippen molar-refractivity contribution in [1.29, 1.82) is 0 Å². The molecule has 0 saturated carbocycles. The van der Waals surface area contributed by atoms with Crippen molar-refractivity contribution in [1.82, 2.24) is 0 Å². The summed E-state index contributed by atoms with van der Waals surface area (Å²) in [6.45, 7) is 10.6. The van der Waals surface area contributed by atoms with E-state index in [0.29, 0.717) is 26.2 Å². The van der Waals surface area contributed by atoms with Gasteiger partial charge in [0.15, 0.2) is 0 Å². The van der Waals surface area contributed by atoms with Crippen LogP contribution >= 0.6 is 0 Å². The van der Waals surface area contributed by atoms with Gasteiger partial charge in [0.05, 0.1) is 22.3 Å². The van der Waals surface area contributed by atoms with Gasteiger partial charge in [0, 0.05) is 94.4 Å². The van der Waals surface area contributed by atoms with Gasteiger partial charge in [-0.05, 0) is 94.5 Å². The number of ether oxygens (including phenoxy) is 8. The second-order valence-electron chi connectivity index (χ2n) is 34.3. The smallest absolute Gasteiger partial charge is 0.230 e. The summed E-state index contributed by atoms with van der Waals surface area (Å²) in [4.78, 5) is 0. The zero-order valence-corrected chi connectivity index (χ0v) is 71.4. The van der Waals surface area contributed by atoms with Crippen LogP contribution in [0.5, 0.6) is 46.0 Å². The number of hydrogen-bond donors (Lipinski definition) is 4. The minimum Gasteiger partial charge on any atom is -0.456 e. The second-order valence-corrected chi connectivity index (χ2v) is 34.3. The molecule has 1 aliphatic carbocycles. The Balaban J connectivity index is 1.15. The molecule has 8 aromatic carbocycles. The second kappa shape index (κ2) is 44.7. The largest absolute Gasteiger partial charge is 0.456 e. The molecule has 0 fully saturated rings. The molecule has 116 heavy (non-hydrogen) atoms. The fraction of sp³-hybridized carbons (Fsp3) is 0.538. The topological polar surface area (TPSA) is 178 Å². The van der Waals surface area contributed by atoms with E-state index < -0.39 is 0 Å². The van der Waals surface area contributed by atoms with Gasteiger partial charge in [-0.3, -0.25) is 0 Å². The van der Waals surface area contributed by atoms with E-state index >= 15 is 0 Å². The van der Waals surface area contributed by atoms with E-state index in [9.17, 15) is 0 Å². The summed E-state index contributed by atoms with van der Waals surface area (Å²) in [6, 6.07) is 45.6. The third kappa shape index (κ3) is 21.0. The average Bonchev–Trinajstić information content (AvgIpc) is 0.713. The Hall–Kier alpha value is -8.00. The van der Waals surface area contributed by atoms with E-state index in [1.54, 1.807) is 0 Å². The maximum Gasteiger partial charge on any atom is 0.230 e. The van der Waals surface area contributed by atoms with E-state index in [1.165, 1.54) is 180 Å². The Kier molecular flexibility index (Phi) is 33.1. The molecule has 0 atom stereocenters. The van der Waals surface area contributed by atoms with Gasteiger partial charge in [-0.25, -0.2) is 0 Å². The van der Waals surface area contributed by atoms with Crippen molar-refractivity contribution in [3.63, 3.8) is 0 Å². The summed E-state index contributed by atoms with van der Waals surface area (Å²) in [6.07, 6.45) is 46.9. The molecule has 12 nitrogen and oxygen atoms in total. The van der Waals surface area contributed by atoms with Crippen LogP contribution in [0.25, 0.3) is 44.5 Å². The average molecular weight is 1570 g/mol. The van der Waals surface area contributed by atoms with Crippen LogP contribution in [0.3, 0.4) is 0 Å². The molecule has 0 amide bonds. The molecule has 8 bridgehead atoms. The van der Waals surface area contributed by atoms with Crippen LogP contribution in [0, 0.1) is 0 Å². The first-order valence-electron chi connectivity index (χ1n) is 46.4. The molecule has 624 valence electrons. The van der Waals surface area contributed by atoms with Crippen LogP contribution < -0.4 is 60.8 Å². The van der Waals surface area contributed by atoms with Gasteiger partial charge < -0.3 is 60.8 Å². The van der Waals surface area contributed by atoms with Gasteiger partial charge in [-0.1, -0.05) is 356 Å². The van der Waals surface area contributed by atoms with E-state index in [1.807, 2.05) is 0 Å². The highest BCUT2D eigenvalue weighted by Gasteiger charge is 2.43. The summed E-state index contributed by atoms with van der Waals surface area (Å²) in [5.41, 5.74) is 47.0. The lowest BCUT2D eigenvalue weighted by atomic mass is 9.73. The Bertz CT molecular complexity index is 3680. The fourth-order valence-corrected chi connectivity index (χ4v) is 19.5. The molecule has 4 heterocycles. The molecule has 0 unspecified atom stereocenters. The number of benzene rings is 8. The lowest BCUT2D eigenvalue weighted by Crippen LogP contribution is -2.24. The molecule has 13 rings (SSSR count). The quantitative estimate of drug-likeness (QED) is 0.0266. The van der Waals surface area contributed by atoms with E-state index in [4.69, 9.17) is 60.8 Å². The van der Waals surface area contributed by atoms with E-state index in [0.717, 1.165) is 234 Å². The fourth-order valence-electron chi connectivity index (χ4n) is 19.5. The number of rotatable bonds is 48. The first kappa shape index (κ1) is 85.9. The van der Waals surface area contributed by atoms with Crippen molar-refractivity contribution in [2.24, 2.45) is 22.9 Å². The van der Waals surface area contributed by atoms with Crippen molar-refractivity contribution in [3.8, 4) is 90.5 Å². The van der Waals surface area contributed by atoms with Gasteiger partial charge >= 0.3 is 0 Å². The third-order valence-electron chi connectivity index (χ3n) is 26.1. The molecule has 8 aromatic rings. The number of nitrogens with two attached hydrogens (primary N) is 4. The maximum absolute atomic E-state index is 7.59. The van der Waals surface area contributed by atoms with Crippen molar-refractivity contribution in [3.05, 3.63) is 188 Å². The molecule has 5 aliphatic rings. The first-order valence-corrected chi connectivity index (χ1v) is 46.4. The van der Waals surface area contributed by atoms with Gasteiger partial charge in [0.1, 0.15) is 46.0 Å². The molecule has 12 heteroatoms. The summed E-state index contributed by atoms with van der Waals surface area (Å²) >= 11 is 0. The highest BCUT2D eigenvalue weighted by molar-refractivity contribution is 5.89. The minimum atomic E-state index is -0.237. The summed E-state index contributed by atoms with van der Waals surface area (Å²) in [5.74, 6) is 5.25. The molecule has 8 N–H and O–H groups in total. The van der Waals surface area contributed by atoms with Crippen molar-refractivity contribution >= 4 is 0 Å². The SMILES string of the molecule is CCCCCCCCCCCC1c2cc3c4c(-c5ccc(CN)cc5)c2OCOc2c1cc1c(c2-c2ccc(CN)cc2)OCOc2c(cc5c(c2-c2ccc(CN)cc2)OCOc2c(cc(c(c2-c2ccc(CN)cc2)OCO4)C3CCCCCCCCCCC)C5CCCCCCCCCCC)C1CCCCCCCCCCC. The number of hydrogen-bond acceptors (Lipinski definition) is 12. The third-order valence-corrected chi connectivity index (χ3v) is 26.1. The number of unbranched alkanes of at least 4 members (excludes halogenated alkanes) is 32. The van der Waals surface area contributed by atoms with E-state index in [-0.39, 0.29) is 50.8 Å². The predicted molar refractivity (Wildman–Crippen MR) is 478 cm³/mol. The van der Waals surface area contributed by atoms with Gasteiger partial charge in [-0.2, -0.15) is 0 Å². The van der Waals surface area contributed by atoms with Crippen LogP contribution in [0.4, 0.5) is 0 Å². The maximum atomic E-state index is 7.59. The van der Waals surface area contributed by atoms with Crippen LogP contribution in [-0.2, 0) is 26.2 Å². The Morgan fingerprint density at radius 1 is 0.207 bits per heavy atom. The van der Waals surface area contributed by atoms with Crippen molar-refractivity contribution in [2.75, 3.05) is 27.2 Å². The predicted octanol–water partition coefficient (Wildman–Crippen LogP) is 27.6. The van der Waals surface area contributed by atoms with Crippen LogP contribution in [-0.4, -0.2) is 27.2 Å². The zero-order chi connectivity index (χ0) is 80.2. The summed E-state index contributed by atoms with van der Waals surface area (Å²) < 4.78 is 60.7. The standard InChI is InChI=1S/C104H140N4O8/c1-5-9-13-17-21-25-29-33-37-41-81-85-61-87-82(42-38-34-30-26-22-18-14-10-6-2)89-63-91-84(44-40-36-32-28-24-20-16-12-8-4)92-64-90-83(43-39-35-31-27-23-19-15-11-7-3)88-62-86(81)98-94(78-55-47-74(66-106)48-56-78)100(88)112-71-114-102(90)96(80-59-51-76(68-108)52-60-80)104(92)116-72-115-103(91)95(79-57-49-75(67-107)50-58-79)101(89)113-70-111-99(87)93(97(85)109-69-110-98)77-53-45-73(65-105)46-54-77/h45-64,81-84H,5-44,65-72,105-108H2,1-4H3.